The van der Waals surface area contributed by atoms with Crippen LogP contribution in [0.2, 0.25) is 5.02 Å². The van der Waals surface area contributed by atoms with Gasteiger partial charge in [-0.1, -0.05) is 25.4 Å². The Bertz CT molecular complexity index is 436. The zero-order valence-electron chi connectivity index (χ0n) is 10.7. The summed E-state index contributed by atoms with van der Waals surface area (Å²) < 4.78 is 0. The van der Waals surface area contributed by atoms with Crippen LogP contribution in [-0.4, -0.2) is 11.4 Å². The van der Waals surface area contributed by atoms with E-state index < -0.39 is 5.54 Å². The SMILES string of the molecule is CC(C)C1CC(Nc2ccc(Cl)cc2)(C(N)=O)C1. The van der Waals surface area contributed by atoms with E-state index in [-0.39, 0.29) is 5.91 Å². The van der Waals surface area contributed by atoms with Gasteiger partial charge in [0.15, 0.2) is 0 Å². The lowest BCUT2D eigenvalue weighted by molar-refractivity contribution is -0.127. The first-order chi connectivity index (χ1) is 8.43. The summed E-state index contributed by atoms with van der Waals surface area (Å²) in [7, 11) is 0. The number of rotatable bonds is 4. The maximum absolute atomic E-state index is 11.7. The fourth-order valence-corrected chi connectivity index (χ4v) is 2.61. The predicted molar refractivity (Wildman–Crippen MR) is 74.6 cm³/mol. The number of benzene rings is 1. The van der Waals surface area contributed by atoms with E-state index in [1.54, 1.807) is 12.1 Å². The number of amides is 1. The van der Waals surface area contributed by atoms with Gasteiger partial charge in [0.2, 0.25) is 5.91 Å². The highest BCUT2D eigenvalue weighted by Crippen LogP contribution is 2.44. The molecule has 1 aromatic rings. The highest BCUT2D eigenvalue weighted by atomic mass is 35.5. The number of anilines is 1. The third kappa shape index (κ3) is 2.46. The van der Waals surface area contributed by atoms with E-state index in [1.807, 2.05) is 12.1 Å². The van der Waals surface area contributed by atoms with E-state index in [9.17, 15) is 4.79 Å². The first kappa shape index (κ1) is 13.2. The predicted octanol–water partition coefficient (Wildman–Crippen LogP) is 3.04. The Hall–Kier alpha value is -1.22. The van der Waals surface area contributed by atoms with Crippen molar-refractivity contribution in [2.45, 2.75) is 32.2 Å². The fraction of sp³-hybridized carbons (Fsp3) is 0.500. The van der Waals surface area contributed by atoms with Crippen molar-refractivity contribution >= 4 is 23.2 Å². The Morgan fingerprint density at radius 3 is 2.39 bits per heavy atom. The first-order valence-corrected chi connectivity index (χ1v) is 6.64. The molecule has 98 valence electrons. The van der Waals surface area contributed by atoms with Crippen LogP contribution in [-0.2, 0) is 4.79 Å². The Labute approximate surface area is 113 Å². The Morgan fingerprint density at radius 2 is 1.94 bits per heavy atom. The molecule has 1 aromatic carbocycles. The molecular weight excluding hydrogens is 248 g/mol. The molecule has 0 aromatic heterocycles. The molecule has 3 N–H and O–H groups in total. The molecule has 0 unspecified atom stereocenters. The van der Waals surface area contributed by atoms with Crippen molar-refractivity contribution in [1.82, 2.24) is 0 Å². The molecule has 0 saturated heterocycles. The van der Waals surface area contributed by atoms with Gasteiger partial charge in [-0.3, -0.25) is 4.79 Å². The van der Waals surface area contributed by atoms with Crippen molar-refractivity contribution in [3.05, 3.63) is 29.3 Å². The lowest BCUT2D eigenvalue weighted by atomic mass is 9.63. The molecule has 0 aliphatic heterocycles. The van der Waals surface area contributed by atoms with Gasteiger partial charge in [-0.25, -0.2) is 0 Å². The first-order valence-electron chi connectivity index (χ1n) is 6.26. The zero-order valence-corrected chi connectivity index (χ0v) is 11.5. The number of nitrogens with one attached hydrogen (secondary N) is 1. The summed E-state index contributed by atoms with van der Waals surface area (Å²) >= 11 is 5.84. The van der Waals surface area contributed by atoms with Crippen molar-refractivity contribution in [2.75, 3.05) is 5.32 Å². The summed E-state index contributed by atoms with van der Waals surface area (Å²) in [5.74, 6) is 0.885. The van der Waals surface area contributed by atoms with Crippen LogP contribution < -0.4 is 11.1 Å². The number of carbonyl (C=O) groups is 1. The van der Waals surface area contributed by atoms with Crippen molar-refractivity contribution in [3.63, 3.8) is 0 Å². The second kappa shape index (κ2) is 4.81. The minimum absolute atomic E-state index is 0.269. The van der Waals surface area contributed by atoms with Crippen molar-refractivity contribution in [1.29, 1.82) is 0 Å². The third-order valence-corrected chi connectivity index (χ3v) is 4.12. The standard InChI is InChI=1S/C14H19ClN2O/c1-9(2)10-7-14(8-10,13(16)18)17-12-5-3-11(15)4-6-12/h3-6,9-10,17H,7-8H2,1-2H3,(H2,16,18). The van der Waals surface area contributed by atoms with Crippen LogP contribution in [0.15, 0.2) is 24.3 Å². The van der Waals surface area contributed by atoms with E-state index in [0.29, 0.717) is 16.9 Å². The Morgan fingerprint density at radius 1 is 1.39 bits per heavy atom. The van der Waals surface area contributed by atoms with Gasteiger partial charge in [0.25, 0.3) is 0 Å². The lowest BCUT2D eigenvalue weighted by Crippen LogP contribution is -2.60. The summed E-state index contributed by atoms with van der Waals surface area (Å²) in [5.41, 5.74) is 5.85. The number of nitrogens with two attached hydrogens (primary N) is 1. The summed E-state index contributed by atoms with van der Waals surface area (Å²) in [4.78, 5) is 11.7. The molecule has 0 spiro atoms. The second-order valence-corrected chi connectivity index (χ2v) is 5.93. The fourth-order valence-electron chi connectivity index (χ4n) is 2.48. The molecular formula is C14H19ClN2O. The van der Waals surface area contributed by atoms with Crippen LogP contribution in [0.4, 0.5) is 5.69 Å². The molecule has 0 bridgehead atoms. The molecule has 1 aliphatic carbocycles. The maximum Gasteiger partial charge on any atom is 0.243 e. The number of hydrogen-bond donors (Lipinski definition) is 2. The van der Waals surface area contributed by atoms with Crippen LogP contribution in [0.3, 0.4) is 0 Å². The molecule has 1 fully saturated rings. The van der Waals surface area contributed by atoms with Gasteiger partial charge in [-0.15, -0.1) is 0 Å². The van der Waals surface area contributed by atoms with Crippen LogP contribution in [0, 0.1) is 11.8 Å². The molecule has 0 atom stereocenters. The molecule has 1 aliphatic rings. The average molecular weight is 267 g/mol. The van der Waals surface area contributed by atoms with Crippen LogP contribution in [0.1, 0.15) is 26.7 Å². The zero-order chi connectivity index (χ0) is 13.3. The average Bonchev–Trinajstić information content (AvgIpc) is 2.24. The Balaban J connectivity index is 2.09. The normalized spacial score (nSPS) is 26.8. The van der Waals surface area contributed by atoms with Gasteiger partial charge in [0.05, 0.1) is 0 Å². The largest absolute Gasteiger partial charge is 0.371 e. The van der Waals surface area contributed by atoms with Gasteiger partial charge in [-0.2, -0.15) is 0 Å². The van der Waals surface area contributed by atoms with E-state index in [4.69, 9.17) is 17.3 Å². The number of primary amides is 1. The number of carbonyl (C=O) groups excluding carboxylic acids is 1. The molecule has 0 radical (unpaired) electrons. The summed E-state index contributed by atoms with van der Waals surface area (Å²) in [6, 6.07) is 7.35. The van der Waals surface area contributed by atoms with Crippen molar-refractivity contribution < 1.29 is 4.79 Å². The summed E-state index contributed by atoms with van der Waals surface area (Å²) in [6.07, 6.45) is 1.62. The maximum atomic E-state index is 11.7. The monoisotopic (exact) mass is 266 g/mol. The Kier molecular flexibility index (Phi) is 3.53. The van der Waals surface area contributed by atoms with Gasteiger partial charge < -0.3 is 11.1 Å². The summed E-state index contributed by atoms with van der Waals surface area (Å²) in [5, 5.41) is 3.95. The van der Waals surface area contributed by atoms with E-state index in [1.165, 1.54) is 0 Å². The highest BCUT2D eigenvalue weighted by molar-refractivity contribution is 6.30. The molecule has 2 rings (SSSR count). The second-order valence-electron chi connectivity index (χ2n) is 5.49. The van der Waals surface area contributed by atoms with Gasteiger partial charge in [0.1, 0.15) is 5.54 Å². The quantitative estimate of drug-likeness (QED) is 0.880. The summed E-state index contributed by atoms with van der Waals surface area (Å²) in [6.45, 7) is 4.36. The number of halogens is 1. The van der Waals surface area contributed by atoms with Gasteiger partial charge in [0, 0.05) is 10.7 Å². The van der Waals surface area contributed by atoms with Crippen LogP contribution in [0.5, 0.6) is 0 Å². The number of hydrogen-bond acceptors (Lipinski definition) is 2. The van der Waals surface area contributed by atoms with Crippen molar-refractivity contribution in [2.24, 2.45) is 17.6 Å². The van der Waals surface area contributed by atoms with E-state index in [2.05, 4.69) is 19.2 Å². The van der Waals surface area contributed by atoms with E-state index >= 15 is 0 Å². The highest BCUT2D eigenvalue weighted by Gasteiger charge is 2.49. The van der Waals surface area contributed by atoms with Crippen LogP contribution >= 0.6 is 11.6 Å². The molecule has 0 heterocycles. The molecule has 3 nitrogen and oxygen atoms in total. The smallest absolute Gasteiger partial charge is 0.243 e. The van der Waals surface area contributed by atoms with Crippen molar-refractivity contribution in [3.8, 4) is 0 Å². The third-order valence-electron chi connectivity index (χ3n) is 3.86. The topological polar surface area (TPSA) is 55.1 Å². The lowest BCUT2D eigenvalue weighted by Gasteiger charge is -2.48. The van der Waals surface area contributed by atoms with E-state index in [0.717, 1.165) is 18.5 Å². The van der Waals surface area contributed by atoms with Crippen LogP contribution in [0.25, 0.3) is 0 Å². The minimum atomic E-state index is -0.581. The molecule has 1 amide bonds. The molecule has 18 heavy (non-hydrogen) atoms. The molecule has 1 saturated carbocycles. The van der Waals surface area contributed by atoms with Gasteiger partial charge in [-0.05, 0) is 48.9 Å². The minimum Gasteiger partial charge on any atom is -0.371 e. The van der Waals surface area contributed by atoms with Gasteiger partial charge >= 0.3 is 0 Å². The molecule has 4 heteroatoms.